The standard InChI is InChI=1S/C25H21NO4/c1-4-24(27)29-22-13-7-11-20(16-22)26(19-10-6-9-18(3)15-19)21-12-8-14-23(17-21)30-25(28)5-2/h4-17H,1-2H2,3H3. The summed E-state index contributed by atoms with van der Waals surface area (Å²) in [6.45, 7) is 8.86. The second-order valence-corrected chi connectivity index (χ2v) is 6.42. The van der Waals surface area contributed by atoms with E-state index < -0.39 is 11.9 Å². The van der Waals surface area contributed by atoms with Crippen molar-refractivity contribution in [2.45, 2.75) is 6.92 Å². The molecule has 0 aliphatic rings. The van der Waals surface area contributed by atoms with Crippen LogP contribution in [0, 0.1) is 6.92 Å². The number of carbonyl (C=O) groups is 2. The second kappa shape index (κ2) is 9.39. The average molecular weight is 399 g/mol. The van der Waals surface area contributed by atoms with Crippen molar-refractivity contribution in [2.75, 3.05) is 4.90 Å². The molecule has 150 valence electrons. The summed E-state index contributed by atoms with van der Waals surface area (Å²) in [5, 5.41) is 0. The maximum Gasteiger partial charge on any atom is 0.335 e. The minimum atomic E-state index is -0.535. The van der Waals surface area contributed by atoms with Crippen LogP contribution in [0.5, 0.6) is 11.5 Å². The summed E-state index contributed by atoms with van der Waals surface area (Å²) in [6, 6.07) is 22.3. The van der Waals surface area contributed by atoms with Gasteiger partial charge in [-0.25, -0.2) is 9.59 Å². The van der Waals surface area contributed by atoms with Crippen molar-refractivity contribution < 1.29 is 19.1 Å². The third-order valence-corrected chi connectivity index (χ3v) is 4.18. The summed E-state index contributed by atoms with van der Waals surface area (Å²) in [4.78, 5) is 25.2. The SMILES string of the molecule is C=CC(=O)Oc1cccc(N(c2cccc(C)c2)c2cccc(OC(=O)C=C)c2)c1. The molecule has 0 unspecified atom stereocenters. The molecule has 0 heterocycles. The van der Waals surface area contributed by atoms with Gasteiger partial charge in [-0.3, -0.25) is 0 Å². The zero-order chi connectivity index (χ0) is 21.5. The predicted molar refractivity (Wildman–Crippen MR) is 118 cm³/mol. The van der Waals surface area contributed by atoms with Gasteiger partial charge in [-0.15, -0.1) is 0 Å². The van der Waals surface area contributed by atoms with E-state index in [2.05, 4.69) is 13.2 Å². The first-order valence-corrected chi connectivity index (χ1v) is 9.25. The lowest BCUT2D eigenvalue weighted by molar-refractivity contribution is -0.129. The fraction of sp³-hybridized carbons (Fsp3) is 0.0400. The van der Waals surface area contributed by atoms with Crippen molar-refractivity contribution in [1.29, 1.82) is 0 Å². The van der Waals surface area contributed by atoms with Crippen molar-refractivity contribution in [3.8, 4) is 11.5 Å². The van der Waals surface area contributed by atoms with Crippen molar-refractivity contribution in [3.63, 3.8) is 0 Å². The number of ether oxygens (including phenoxy) is 2. The topological polar surface area (TPSA) is 55.8 Å². The highest BCUT2D eigenvalue weighted by Crippen LogP contribution is 2.37. The highest BCUT2D eigenvalue weighted by atomic mass is 16.5. The Morgan fingerprint density at radius 2 is 1.17 bits per heavy atom. The Morgan fingerprint density at radius 1 is 0.733 bits per heavy atom. The molecule has 0 N–H and O–H groups in total. The van der Waals surface area contributed by atoms with Crippen LogP contribution in [0.15, 0.2) is 98.1 Å². The minimum absolute atomic E-state index is 0.393. The molecule has 0 fully saturated rings. The van der Waals surface area contributed by atoms with E-state index in [0.29, 0.717) is 11.5 Å². The Bertz CT molecular complexity index is 1040. The average Bonchev–Trinajstić information content (AvgIpc) is 2.74. The molecule has 30 heavy (non-hydrogen) atoms. The van der Waals surface area contributed by atoms with Gasteiger partial charge in [-0.1, -0.05) is 37.4 Å². The molecule has 0 amide bonds. The highest BCUT2D eigenvalue weighted by molar-refractivity contribution is 5.85. The molecule has 3 aromatic rings. The number of benzene rings is 3. The number of nitrogens with zero attached hydrogens (tertiary/aromatic N) is 1. The molecule has 3 rings (SSSR count). The molecule has 0 bridgehead atoms. The van der Waals surface area contributed by atoms with E-state index in [4.69, 9.17) is 9.47 Å². The van der Waals surface area contributed by atoms with Crippen LogP contribution in [0.3, 0.4) is 0 Å². The summed E-state index contributed by atoms with van der Waals surface area (Å²) in [6.07, 6.45) is 2.23. The van der Waals surface area contributed by atoms with Crippen molar-refractivity contribution in [1.82, 2.24) is 0 Å². The van der Waals surface area contributed by atoms with Crippen LogP contribution in [-0.4, -0.2) is 11.9 Å². The van der Waals surface area contributed by atoms with Gasteiger partial charge in [0.25, 0.3) is 0 Å². The van der Waals surface area contributed by atoms with E-state index in [9.17, 15) is 9.59 Å². The van der Waals surface area contributed by atoms with E-state index in [1.54, 1.807) is 36.4 Å². The van der Waals surface area contributed by atoms with Crippen LogP contribution in [0.2, 0.25) is 0 Å². The molecule has 5 nitrogen and oxygen atoms in total. The summed E-state index contributed by atoms with van der Waals surface area (Å²) in [5.41, 5.74) is 3.51. The monoisotopic (exact) mass is 399 g/mol. The van der Waals surface area contributed by atoms with Crippen molar-refractivity contribution >= 4 is 29.0 Å². The molecular formula is C25H21NO4. The van der Waals surface area contributed by atoms with E-state index >= 15 is 0 Å². The zero-order valence-corrected chi connectivity index (χ0v) is 16.6. The lowest BCUT2D eigenvalue weighted by Gasteiger charge is -2.26. The van der Waals surface area contributed by atoms with E-state index in [-0.39, 0.29) is 0 Å². The maximum absolute atomic E-state index is 11.6. The summed E-state index contributed by atoms with van der Waals surface area (Å²) in [7, 11) is 0. The van der Waals surface area contributed by atoms with Gasteiger partial charge in [0.1, 0.15) is 11.5 Å². The number of anilines is 3. The van der Waals surface area contributed by atoms with Crippen LogP contribution in [-0.2, 0) is 9.59 Å². The lowest BCUT2D eigenvalue weighted by Crippen LogP contribution is -2.11. The normalized spacial score (nSPS) is 10.0. The van der Waals surface area contributed by atoms with Crippen molar-refractivity contribution in [2.24, 2.45) is 0 Å². The van der Waals surface area contributed by atoms with Crippen LogP contribution < -0.4 is 14.4 Å². The van der Waals surface area contributed by atoms with Gasteiger partial charge in [0.15, 0.2) is 0 Å². The first kappa shape index (κ1) is 20.6. The summed E-state index contributed by atoms with van der Waals surface area (Å²) >= 11 is 0. The summed E-state index contributed by atoms with van der Waals surface area (Å²) < 4.78 is 10.6. The molecule has 5 heteroatoms. The molecular weight excluding hydrogens is 378 g/mol. The van der Waals surface area contributed by atoms with Crippen LogP contribution >= 0.6 is 0 Å². The smallest absolute Gasteiger partial charge is 0.335 e. The van der Waals surface area contributed by atoms with E-state index in [1.807, 2.05) is 48.2 Å². The molecule has 0 spiro atoms. The molecule has 0 saturated carbocycles. The Morgan fingerprint density at radius 3 is 1.60 bits per heavy atom. The molecule has 0 atom stereocenters. The Balaban J connectivity index is 2.09. The van der Waals surface area contributed by atoms with Crippen LogP contribution in [0.25, 0.3) is 0 Å². The van der Waals surface area contributed by atoms with Gasteiger partial charge >= 0.3 is 11.9 Å². The molecule has 0 aliphatic heterocycles. The lowest BCUT2D eigenvalue weighted by atomic mass is 10.1. The van der Waals surface area contributed by atoms with Gasteiger partial charge in [0.05, 0.1) is 0 Å². The minimum Gasteiger partial charge on any atom is -0.423 e. The highest BCUT2D eigenvalue weighted by Gasteiger charge is 2.15. The molecule has 3 aromatic carbocycles. The van der Waals surface area contributed by atoms with Gasteiger partial charge in [0, 0.05) is 41.3 Å². The first-order valence-electron chi connectivity index (χ1n) is 9.25. The number of carbonyl (C=O) groups excluding carboxylic acids is 2. The van der Waals surface area contributed by atoms with Gasteiger partial charge in [0.2, 0.25) is 0 Å². The van der Waals surface area contributed by atoms with E-state index in [0.717, 1.165) is 34.8 Å². The number of rotatable bonds is 7. The third kappa shape index (κ3) is 5.02. The molecule has 0 aliphatic carbocycles. The Kier molecular flexibility index (Phi) is 6.45. The Hall–Kier alpha value is -4.12. The number of aryl methyl sites for hydroxylation is 1. The first-order chi connectivity index (χ1) is 14.5. The van der Waals surface area contributed by atoms with Gasteiger partial charge in [-0.05, 0) is 48.9 Å². The zero-order valence-electron chi connectivity index (χ0n) is 16.6. The fourth-order valence-corrected chi connectivity index (χ4v) is 2.90. The largest absolute Gasteiger partial charge is 0.423 e. The number of esters is 2. The van der Waals surface area contributed by atoms with Crippen molar-refractivity contribution in [3.05, 3.63) is 104 Å². The predicted octanol–water partition coefficient (Wildman–Crippen LogP) is 5.65. The van der Waals surface area contributed by atoms with Crippen LogP contribution in [0.4, 0.5) is 17.1 Å². The summed E-state index contributed by atoms with van der Waals surface area (Å²) in [5.74, 6) is -0.284. The molecule has 0 radical (unpaired) electrons. The fourth-order valence-electron chi connectivity index (χ4n) is 2.90. The number of hydrogen-bond donors (Lipinski definition) is 0. The quantitative estimate of drug-likeness (QED) is 0.292. The van der Waals surface area contributed by atoms with Crippen LogP contribution in [0.1, 0.15) is 5.56 Å². The molecule has 0 aromatic heterocycles. The van der Waals surface area contributed by atoms with Gasteiger partial charge < -0.3 is 14.4 Å². The molecule has 0 saturated heterocycles. The Labute approximate surface area is 175 Å². The van der Waals surface area contributed by atoms with Gasteiger partial charge in [-0.2, -0.15) is 0 Å². The number of hydrogen-bond acceptors (Lipinski definition) is 5. The third-order valence-electron chi connectivity index (χ3n) is 4.18. The second-order valence-electron chi connectivity index (χ2n) is 6.42. The van der Waals surface area contributed by atoms with E-state index in [1.165, 1.54) is 0 Å². The maximum atomic E-state index is 11.6.